The number of thiophene rings is 1. The van der Waals surface area contributed by atoms with Gasteiger partial charge in [-0.15, -0.1) is 21.5 Å². The Morgan fingerprint density at radius 1 is 1.26 bits per heavy atom. The van der Waals surface area contributed by atoms with Crippen molar-refractivity contribution in [3.63, 3.8) is 0 Å². The van der Waals surface area contributed by atoms with E-state index in [1.165, 1.54) is 14.7 Å². The number of aryl methyl sites for hydroxylation is 1. The molecule has 0 radical (unpaired) electrons. The van der Waals surface area contributed by atoms with E-state index in [2.05, 4.69) is 34.6 Å². The molecule has 0 aliphatic rings. The Morgan fingerprint density at radius 3 is 2.58 bits per heavy atom. The molecular formula is C13H16N4OS. The number of amides is 1. The zero-order valence-corrected chi connectivity index (χ0v) is 12.0. The number of anilines is 1. The summed E-state index contributed by atoms with van der Waals surface area (Å²) in [5.74, 6) is 0.522. The molecular weight excluding hydrogens is 260 g/mol. The van der Waals surface area contributed by atoms with Crippen LogP contribution in [0.2, 0.25) is 0 Å². The Kier molecular flexibility index (Phi) is 4.11. The predicted molar refractivity (Wildman–Crippen MR) is 76.4 cm³/mol. The summed E-state index contributed by atoms with van der Waals surface area (Å²) in [6, 6.07) is 7.62. The van der Waals surface area contributed by atoms with E-state index in [0.717, 1.165) is 0 Å². The Morgan fingerprint density at radius 2 is 2.05 bits per heavy atom. The standard InChI is InChI=1S/C13H16N4OS/c1-9-4-5-10(19-9)8-14-12-7-6-11(15-16-12)13(18)17(2)3/h4-7H,8H2,1-3H3,(H,14,16). The van der Waals surface area contributed by atoms with Crippen LogP contribution in [0.5, 0.6) is 0 Å². The van der Waals surface area contributed by atoms with E-state index in [9.17, 15) is 4.79 Å². The lowest BCUT2D eigenvalue weighted by atomic mass is 10.3. The largest absolute Gasteiger partial charge is 0.364 e. The molecule has 2 rings (SSSR count). The third-order valence-corrected chi connectivity index (χ3v) is 3.53. The first-order valence-corrected chi connectivity index (χ1v) is 6.72. The Bertz CT molecular complexity index is 562. The van der Waals surface area contributed by atoms with Crippen molar-refractivity contribution in [2.45, 2.75) is 13.5 Å². The first-order valence-electron chi connectivity index (χ1n) is 5.91. The quantitative estimate of drug-likeness (QED) is 0.929. The molecule has 2 heterocycles. The van der Waals surface area contributed by atoms with Crippen molar-refractivity contribution in [2.24, 2.45) is 0 Å². The van der Waals surface area contributed by atoms with Gasteiger partial charge in [-0.05, 0) is 31.2 Å². The van der Waals surface area contributed by atoms with E-state index < -0.39 is 0 Å². The van der Waals surface area contributed by atoms with Crippen LogP contribution in [0.25, 0.3) is 0 Å². The van der Waals surface area contributed by atoms with Gasteiger partial charge in [-0.2, -0.15) is 0 Å². The summed E-state index contributed by atoms with van der Waals surface area (Å²) in [5.41, 5.74) is 0.350. The Labute approximate surface area is 116 Å². The molecule has 0 atom stereocenters. The smallest absolute Gasteiger partial charge is 0.273 e. The van der Waals surface area contributed by atoms with Crippen molar-refractivity contribution < 1.29 is 4.79 Å². The second kappa shape index (κ2) is 5.79. The first-order chi connectivity index (χ1) is 9.06. The molecule has 100 valence electrons. The fourth-order valence-electron chi connectivity index (χ4n) is 1.53. The zero-order chi connectivity index (χ0) is 13.8. The molecule has 6 heteroatoms. The molecule has 5 nitrogen and oxygen atoms in total. The van der Waals surface area contributed by atoms with Crippen LogP contribution in [0.4, 0.5) is 5.82 Å². The number of aromatic nitrogens is 2. The molecule has 0 saturated carbocycles. The van der Waals surface area contributed by atoms with Gasteiger partial charge >= 0.3 is 0 Å². The van der Waals surface area contributed by atoms with Crippen LogP contribution in [0.15, 0.2) is 24.3 Å². The second-order valence-electron chi connectivity index (χ2n) is 4.37. The van der Waals surface area contributed by atoms with Gasteiger partial charge < -0.3 is 10.2 Å². The lowest BCUT2D eigenvalue weighted by Crippen LogP contribution is -2.23. The summed E-state index contributed by atoms with van der Waals surface area (Å²) in [7, 11) is 3.38. The van der Waals surface area contributed by atoms with Crippen LogP contribution in [-0.4, -0.2) is 35.1 Å². The van der Waals surface area contributed by atoms with E-state index in [4.69, 9.17) is 0 Å². The number of nitrogens with one attached hydrogen (secondary N) is 1. The van der Waals surface area contributed by atoms with Crippen molar-refractivity contribution in [1.82, 2.24) is 15.1 Å². The normalized spacial score (nSPS) is 10.3. The molecule has 1 N–H and O–H groups in total. The average molecular weight is 276 g/mol. The van der Waals surface area contributed by atoms with Crippen LogP contribution in [0, 0.1) is 6.92 Å². The highest BCUT2D eigenvalue weighted by atomic mass is 32.1. The highest BCUT2D eigenvalue weighted by Gasteiger charge is 2.09. The van der Waals surface area contributed by atoms with Crippen molar-refractivity contribution >= 4 is 23.1 Å². The van der Waals surface area contributed by atoms with E-state index in [0.29, 0.717) is 18.1 Å². The molecule has 0 aliphatic heterocycles. The fraction of sp³-hybridized carbons (Fsp3) is 0.308. The number of nitrogens with zero attached hydrogens (tertiary/aromatic N) is 3. The van der Waals surface area contributed by atoms with Gasteiger partial charge in [-0.25, -0.2) is 0 Å². The third kappa shape index (κ3) is 3.51. The molecule has 1 amide bonds. The number of rotatable bonds is 4. The minimum absolute atomic E-state index is 0.145. The highest BCUT2D eigenvalue weighted by molar-refractivity contribution is 7.11. The minimum atomic E-state index is -0.145. The van der Waals surface area contributed by atoms with Crippen LogP contribution >= 0.6 is 11.3 Å². The van der Waals surface area contributed by atoms with Crippen LogP contribution < -0.4 is 5.32 Å². The Balaban J connectivity index is 1.97. The van der Waals surface area contributed by atoms with Gasteiger partial charge in [0.05, 0.1) is 6.54 Å². The maximum atomic E-state index is 11.6. The fourth-order valence-corrected chi connectivity index (χ4v) is 2.36. The maximum Gasteiger partial charge on any atom is 0.273 e. The molecule has 0 unspecified atom stereocenters. The summed E-state index contributed by atoms with van der Waals surface area (Å²) in [6.45, 7) is 2.80. The number of carbonyl (C=O) groups excluding carboxylic acids is 1. The van der Waals surface area contributed by atoms with Gasteiger partial charge in [-0.3, -0.25) is 4.79 Å². The lowest BCUT2D eigenvalue weighted by Gasteiger charge is -2.09. The summed E-state index contributed by atoms with van der Waals surface area (Å²) in [5, 5.41) is 11.1. The molecule has 0 bridgehead atoms. The van der Waals surface area contributed by atoms with Crippen LogP contribution in [0.3, 0.4) is 0 Å². The van der Waals surface area contributed by atoms with Gasteiger partial charge in [-0.1, -0.05) is 0 Å². The average Bonchev–Trinajstić information content (AvgIpc) is 2.82. The molecule has 0 spiro atoms. The summed E-state index contributed by atoms with van der Waals surface area (Å²) >= 11 is 1.75. The topological polar surface area (TPSA) is 58.1 Å². The molecule has 0 aromatic carbocycles. The van der Waals surface area contributed by atoms with Crippen LogP contribution in [0.1, 0.15) is 20.2 Å². The van der Waals surface area contributed by atoms with E-state index in [-0.39, 0.29) is 5.91 Å². The molecule has 19 heavy (non-hydrogen) atoms. The number of hydrogen-bond acceptors (Lipinski definition) is 5. The van der Waals surface area contributed by atoms with E-state index in [1.807, 2.05) is 0 Å². The van der Waals surface area contributed by atoms with Crippen molar-refractivity contribution in [2.75, 3.05) is 19.4 Å². The van der Waals surface area contributed by atoms with E-state index in [1.54, 1.807) is 37.6 Å². The molecule has 0 aliphatic carbocycles. The molecule has 2 aromatic rings. The highest BCUT2D eigenvalue weighted by Crippen LogP contribution is 2.16. The zero-order valence-electron chi connectivity index (χ0n) is 11.2. The number of carbonyl (C=O) groups is 1. The molecule has 2 aromatic heterocycles. The van der Waals surface area contributed by atoms with Gasteiger partial charge in [0, 0.05) is 23.8 Å². The van der Waals surface area contributed by atoms with Crippen LogP contribution in [-0.2, 0) is 6.54 Å². The van der Waals surface area contributed by atoms with Gasteiger partial charge in [0.25, 0.3) is 5.91 Å². The van der Waals surface area contributed by atoms with E-state index >= 15 is 0 Å². The van der Waals surface area contributed by atoms with Crippen molar-refractivity contribution in [3.8, 4) is 0 Å². The third-order valence-electron chi connectivity index (χ3n) is 2.53. The minimum Gasteiger partial charge on any atom is -0.364 e. The monoisotopic (exact) mass is 276 g/mol. The SMILES string of the molecule is Cc1ccc(CNc2ccc(C(=O)N(C)C)nn2)s1. The summed E-state index contributed by atoms with van der Waals surface area (Å²) < 4.78 is 0. The van der Waals surface area contributed by atoms with Gasteiger partial charge in [0.2, 0.25) is 0 Å². The van der Waals surface area contributed by atoms with Crippen molar-refractivity contribution in [3.05, 3.63) is 39.7 Å². The summed E-state index contributed by atoms with van der Waals surface area (Å²) in [4.78, 5) is 15.7. The van der Waals surface area contributed by atoms with Crippen molar-refractivity contribution in [1.29, 1.82) is 0 Å². The number of hydrogen-bond donors (Lipinski definition) is 1. The second-order valence-corrected chi connectivity index (χ2v) is 5.74. The van der Waals surface area contributed by atoms with Gasteiger partial charge in [0.15, 0.2) is 5.69 Å². The molecule has 0 saturated heterocycles. The predicted octanol–water partition coefficient (Wildman–Crippen LogP) is 2.16. The van der Waals surface area contributed by atoms with Gasteiger partial charge in [0.1, 0.15) is 5.82 Å². The maximum absolute atomic E-state index is 11.6. The first kappa shape index (κ1) is 13.5. The summed E-state index contributed by atoms with van der Waals surface area (Å²) in [6.07, 6.45) is 0. The lowest BCUT2D eigenvalue weighted by molar-refractivity contribution is 0.0821. The Hall–Kier alpha value is -1.95. The molecule has 0 fully saturated rings.